The minimum absolute atomic E-state index is 0.571. The van der Waals surface area contributed by atoms with Crippen molar-refractivity contribution in [3.8, 4) is 74.5 Å². The molecule has 7 heterocycles. The number of para-hydroxylation sites is 7. The Hall–Kier alpha value is -13.9. The number of hydrogen-bond acceptors (Lipinski definition) is 6. The fourth-order valence-corrected chi connectivity index (χ4v) is 15.3. The molecule has 0 aliphatic carbocycles. The van der Waals surface area contributed by atoms with Gasteiger partial charge in [-0.2, -0.15) is 19.9 Å². The van der Waals surface area contributed by atoms with Crippen LogP contribution in [0.3, 0.4) is 0 Å². The fraction of sp³-hybridized carbons (Fsp3) is 0. The molecule has 11 heteroatoms. The SMILES string of the molecule is c1ccc(-c2nc(-c3ccccc3)nc(-n3c4ccccc4c4c(-n5c6ccccc6c6ccc(-n7c8ccccc8c8ccccc87)cc65)cccc43)n2)cc1.c1ccc(-c2nc(-c3ccccc3)nc(-n3c4ccccc4c4ccc(-n5c6ccccc6c6ccccc65)cc43)n2)cc1. The molecule has 14 aromatic carbocycles. The summed E-state index contributed by atoms with van der Waals surface area (Å²) in [6.45, 7) is 0. The molecule has 21 aromatic rings. The van der Waals surface area contributed by atoms with Crippen molar-refractivity contribution < 1.29 is 0 Å². The Bertz CT molecular complexity index is 6600. The molecular formula is C90H57N11. The van der Waals surface area contributed by atoms with Crippen LogP contribution in [0.4, 0.5) is 0 Å². The highest BCUT2D eigenvalue weighted by atomic mass is 15.2. The number of aromatic nitrogens is 11. The molecule has 101 heavy (non-hydrogen) atoms. The molecule has 0 amide bonds. The molecule has 0 atom stereocenters. The molecule has 0 aliphatic rings. The molecule has 0 saturated carbocycles. The number of benzene rings is 14. The van der Waals surface area contributed by atoms with Gasteiger partial charge in [0, 0.05) is 87.5 Å². The third kappa shape index (κ3) is 9.36. The van der Waals surface area contributed by atoms with Crippen molar-refractivity contribution in [3.63, 3.8) is 0 Å². The van der Waals surface area contributed by atoms with Crippen LogP contribution in [0.2, 0.25) is 0 Å². The van der Waals surface area contributed by atoms with E-state index in [9.17, 15) is 0 Å². The maximum absolute atomic E-state index is 5.19. The number of fused-ring (bicyclic) bond motifs is 15. The molecule has 0 unspecified atom stereocenters. The molecule has 0 radical (unpaired) electrons. The summed E-state index contributed by atoms with van der Waals surface area (Å²) >= 11 is 0. The Morgan fingerprint density at radius 1 is 0.168 bits per heavy atom. The average Bonchev–Trinajstić information content (AvgIpc) is 1.57. The molecular weight excluding hydrogens is 1240 g/mol. The van der Waals surface area contributed by atoms with Crippen molar-refractivity contribution >= 4 is 109 Å². The molecule has 472 valence electrons. The average molecular weight is 1290 g/mol. The monoisotopic (exact) mass is 1290 g/mol. The third-order valence-corrected chi connectivity index (χ3v) is 19.7. The van der Waals surface area contributed by atoms with Crippen LogP contribution in [-0.4, -0.2) is 52.7 Å². The zero-order chi connectivity index (χ0) is 66.5. The number of hydrogen-bond donors (Lipinski definition) is 0. The second-order valence-corrected chi connectivity index (χ2v) is 25.4. The minimum atomic E-state index is 0.571. The first-order valence-electron chi connectivity index (χ1n) is 33.9. The van der Waals surface area contributed by atoms with Crippen LogP contribution in [0.5, 0.6) is 0 Å². The summed E-state index contributed by atoms with van der Waals surface area (Å²) < 4.78 is 11.6. The van der Waals surface area contributed by atoms with E-state index in [4.69, 9.17) is 29.9 Å². The first kappa shape index (κ1) is 57.4. The molecule has 0 fully saturated rings. The van der Waals surface area contributed by atoms with Crippen LogP contribution in [-0.2, 0) is 0 Å². The van der Waals surface area contributed by atoms with Crippen LogP contribution in [0.25, 0.3) is 184 Å². The first-order chi connectivity index (χ1) is 50.1. The van der Waals surface area contributed by atoms with Gasteiger partial charge in [0.05, 0.1) is 60.9 Å². The van der Waals surface area contributed by atoms with E-state index in [2.05, 4.69) is 247 Å². The highest BCUT2D eigenvalue weighted by molar-refractivity contribution is 6.18. The van der Waals surface area contributed by atoms with Gasteiger partial charge in [-0.25, -0.2) is 9.97 Å². The van der Waals surface area contributed by atoms with Crippen LogP contribution < -0.4 is 0 Å². The Kier molecular flexibility index (Phi) is 13.3. The van der Waals surface area contributed by atoms with E-state index in [0.717, 1.165) is 94.0 Å². The van der Waals surface area contributed by atoms with Crippen molar-refractivity contribution in [1.29, 1.82) is 0 Å². The first-order valence-corrected chi connectivity index (χ1v) is 33.9. The number of nitrogens with zero attached hydrogens (tertiary/aromatic N) is 11. The summed E-state index contributed by atoms with van der Waals surface area (Å²) in [6, 6.07) is 121. The highest BCUT2D eigenvalue weighted by Gasteiger charge is 2.25. The summed E-state index contributed by atoms with van der Waals surface area (Å²) in [5.74, 6) is 3.69. The standard InChI is InChI=1S/C51H32N6.C39H25N5/c1-3-16-33(17-4-1)49-52-50(34-18-5-2-6-19-34)54-51(53-49)57-44-27-14-10-23-40(44)48-45(28-15-29-46(48)57)56-43-26-13-9-22-38(43)39-31-30-35(32-47(39)56)55-41-24-11-7-20-36(41)37-21-8-12-25-42(37)55;1-3-13-26(14-4-1)37-40-38(27-15-5-2-6-16-27)42-39(41-37)44-35-22-12-9-19-31(35)32-24-23-28(25-36(32)44)43-33-20-10-7-17-29(33)30-18-8-11-21-34(30)43/h1-32H;1-25H. The molecule has 0 spiro atoms. The Morgan fingerprint density at radius 2 is 0.426 bits per heavy atom. The molecule has 0 aliphatic heterocycles. The lowest BCUT2D eigenvalue weighted by Gasteiger charge is -2.13. The Labute approximate surface area is 578 Å². The molecule has 11 nitrogen and oxygen atoms in total. The van der Waals surface area contributed by atoms with Crippen molar-refractivity contribution in [2.24, 2.45) is 0 Å². The summed E-state index contributed by atoms with van der Waals surface area (Å²) in [7, 11) is 0. The van der Waals surface area contributed by atoms with Crippen LogP contribution in [0.15, 0.2) is 346 Å². The lowest BCUT2D eigenvalue weighted by molar-refractivity contribution is 0.952. The van der Waals surface area contributed by atoms with Crippen molar-refractivity contribution in [2.45, 2.75) is 0 Å². The van der Waals surface area contributed by atoms with Gasteiger partial charge < -0.3 is 13.7 Å². The lowest BCUT2D eigenvalue weighted by Crippen LogP contribution is -2.06. The normalized spacial score (nSPS) is 11.8. The van der Waals surface area contributed by atoms with Crippen LogP contribution in [0.1, 0.15) is 0 Å². The van der Waals surface area contributed by atoms with Gasteiger partial charge in [0.15, 0.2) is 23.3 Å². The largest absolute Gasteiger partial charge is 0.309 e. The quantitative estimate of drug-likeness (QED) is 0.143. The molecule has 0 bridgehead atoms. The summed E-state index contributed by atoms with van der Waals surface area (Å²) in [5, 5.41) is 11.9. The van der Waals surface area contributed by atoms with E-state index in [1.54, 1.807) is 0 Å². The third-order valence-electron chi connectivity index (χ3n) is 19.7. The second kappa shape index (κ2) is 23.4. The van der Waals surface area contributed by atoms with Gasteiger partial charge in [-0.15, -0.1) is 0 Å². The van der Waals surface area contributed by atoms with E-state index in [-0.39, 0.29) is 0 Å². The van der Waals surface area contributed by atoms with Gasteiger partial charge >= 0.3 is 0 Å². The Morgan fingerprint density at radius 3 is 0.782 bits per heavy atom. The predicted molar refractivity (Wildman–Crippen MR) is 413 cm³/mol. The number of rotatable bonds is 9. The van der Waals surface area contributed by atoms with E-state index in [1.807, 2.05) is 121 Å². The predicted octanol–water partition coefficient (Wildman–Crippen LogP) is 21.9. The fourth-order valence-electron chi connectivity index (χ4n) is 15.3. The summed E-state index contributed by atoms with van der Waals surface area (Å²) in [6.07, 6.45) is 0. The van der Waals surface area contributed by atoms with Crippen molar-refractivity contribution in [1.82, 2.24) is 52.7 Å². The van der Waals surface area contributed by atoms with Gasteiger partial charge in [0.25, 0.3) is 0 Å². The molecule has 0 saturated heterocycles. The molecule has 0 N–H and O–H groups in total. The molecule has 7 aromatic heterocycles. The van der Waals surface area contributed by atoms with E-state index in [0.29, 0.717) is 35.2 Å². The van der Waals surface area contributed by atoms with Crippen molar-refractivity contribution in [3.05, 3.63) is 346 Å². The summed E-state index contributed by atoms with van der Waals surface area (Å²) in [4.78, 5) is 30.5. The van der Waals surface area contributed by atoms with Gasteiger partial charge in [0.2, 0.25) is 11.9 Å². The Balaban J connectivity index is 0.000000140. The lowest BCUT2D eigenvalue weighted by atomic mass is 10.1. The maximum atomic E-state index is 5.19. The van der Waals surface area contributed by atoms with Gasteiger partial charge in [-0.1, -0.05) is 267 Å². The second-order valence-electron chi connectivity index (χ2n) is 25.4. The minimum Gasteiger partial charge on any atom is -0.309 e. The van der Waals surface area contributed by atoms with Crippen LogP contribution in [0, 0.1) is 0 Å². The zero-order valence-electron chi connectivity index (χ0n) is 54.3. The maximum Gasteiger partial charge on any atom is 0.238 e. The van der Waals surface area contributed by atoms with E-state index >= 15 is 0 Å². The molecule has 21 rings (SSSR count). The van der Waals surface area contributed by atoms with Crippen molar-refractivity contribution in [2.75, 3.05) is 0 Å². The highest BCUT2D eigenvalue weighted by Crippen LogP contribution is 2.43. The van der Waals surface area contributed by atoms with E-state index < -0.39 is 0 Å². The summed E-state index contributed by atoms with van der Waals surface area (Å²) in [5.41, 5.74) is 18.2. The van der Waals surface area contributed by atoms with Gasteiger partial charge in [-0.3, -0.25) is 9.13 Å². The van der Waals surface area contributed by atoms with Gasteiger partial charge in [-0.05, 0) is 78.9 Å². The van der Waals surface area contributed by atoms with E-state index in [1.165, 1.54) is 54.4 Å². The zero-order valence-corrected chi connectivity index (χ0v) is 54.3. The van der Waals surface area contributed by atoms with Gasteiger partial charge in [0.1, 0.15) is 0 Å². The topological polar surface area (TPSA) is 102 Å². The smallest absolute Gasteiger partial charge is 0.238 e. The van der Waals surface area contributed by atoms with Crippen LogP contribution >= 0.6 is 0 Å².